The SMILES string of the molecule is CCCOc1ccc(OCCN2CCC3CCC(C2)N3)cc1.Cl. The monoisotopic (exact) mass is 340 g/mol. The number of ether oxygens (including phenoxy) is 2. The van der Waals surface area contributed by atoms with Crippen LogP contribution >= 0.6 is 12.4 Å². The highest BCUT2D eigenvalue weighted by Gasteiger charge is 2.28. The van der Waals surface area contributed by atoms with Gasteiger partial charge in [0.1, 0.15) is 18.1 Å². The van der Waals surface area contributed by atoms with E-state index in [0.717, 1.165) is 43.7 Å². The molecule has 2 aliphatic rings. The van der Waals surface area contributed by atoms with Crippen molar-refractivity contribution in [3.05, 3.63) is 24.3 Å². The highest BCUT2D eigenvalue weighted by atomic mass is 35.5. The Morgan fingerprint density at radius 3 is 2.35 bits per heavy atom. The van der Waals surface area contributed by atoms with E-state index in [1.165, 1.54) is 32.4 Å². The molecule has 3 rings (SSSR count). The third kappa shape index (κ3) is 5.55. The molecule has 0 aliphatic carbocycles. The number of likely N-dealkylation sites (tertiary alicyclic amines) is 1. The molecule has 2 atom stereocenters. The molecule has 2 aliphatic heterocycles. The van der Waals surface area contributed by atoms with Crippen LogP contribution in [0.2, 0.25) is 0 Å². The molecular weight excluding hydrogens is 312 g/mol. The molecule has 5 heteroatoms. The number of hydrogen-bond donors (Lipinski definition) is 1. The van der Waals surface area contributed by atoms with Crippen molar-refractivity contribution >= 4 is 12.4 Å². The van der Waals surface area contributed by atoms with Gasteiger partial charge in [-0.3, -0.25) is 4.90 Å². The summed E-state index contributed by atoms with van der Waals surface area (Å²) in [4.78, 5) is 2.54. The van der Waals surface area contributed by atoms with Crippen molar-refractivity contribution in [2.75, 3.05) is 32.8 Å². The number of nitrogens with zero attached hydrogens (tertiary/aromatic N) is 1. The average Bonchev–Trinajstić information content (AvgIpc) is 2.88. The van der Waals surface area contributed by atoms with Crippen molar-refractivity contribution in [3.63, 3.8) is 0 Å². The summed E-state index contributed by atoms with van der Waals surface area (Å²) < 4.78 is 11.5. The molecule has 0 radical (unpaired) electrons. The van der Waals surface area contributed by atoms with Gasteiger partial charge in [-0.2, -0.15) is 0 Å². The van der Waals surface area contributed by atoms with E-state index < -0.39 is 0 Å². The first kappa shape index (κ1) is 18.4. The van der Waals surface area contributed by atoms with Crippen molar-refractivity contribution in [2.45, 2.75) is 44.7 Å². The fourth-order valence-electron chi connectivity index (χ4n) is 3.36. The zero-order chi connectivity index (χ0) is 15.2. The number of rotatable bonds is 7. The van der Waals surface area contributed by atoms with Crippen LogP contribution in [0, 0.1) is 0 Å². The lowest BCUT2D eigenvalue weighted by Gasteiger charge is -2.23. The van der Waals surface area contributed by atoms with Crippen LogP contribution in [0.5, 0.6) is 11.5 Å². The first-order valence-electron chi connectivity index (χ1n) is 8.67. The average molecular weight is 341 g/mol. The van der Waals surface area contributed by atoms with E-state index >= 15 is 0 Å². The molecule has 130 valence electrons. The molecule has 2 saturated heterocycles. The first-order valence-corrected chi connectivity index (χ1v) is 8.67. The van der Waals surface area contributed by atoms with Crippen LogP contribution in [-0.2, 0) is 0 Å². The summed E-state index contributed by atoms with van der Waals surface area (Å²) in [5.41, 5.74) is 0. The van der Waals surface area contributed by atoms with E-state index in [0.29, 0.717) is 6.04 Å². The molecule has 1 N–H and O–H groups in total. The fourth-order valence-corrected chi connectivity index (χ4v) is 3.36. The highest BCUT2D eigenvalue weighted by molar-refractivity contribution is 5.85. The predicted octanol–water partition coefficient (Wildman–Crippen LogP) is 3.10. The van der Waals surface area contributed by atoms with E-state index in [2.05, 4.69) is 17.1 Å². The molecular formula is C18H29ClN2O2. The molecule has 23 heavy (non-hydrogen) atoms. The predicted molar refractivity (Wildman–Crippen MR) is 96.0 cm³/mol. The molecule has 1 aromatic carbocycles. The maximum atomic E-state index is 5.87. The lowest BCUT2D eigenvalue weighted by molar-refractivity contribution is 0.201. The van der Waals surface area contributed by atoms with Crippen molar-refractivity contribution in [2.24, 2.45) is 0 Å². The molecule has 2 fully saturated rings. The quantitative estimate of drug-likeness (QED) is 0.827. The number of fused-ring (bicyclic) bond motifs is 2. The minimum atomic E-state index is 0. The third-order valence-electron chi connectivity index (χ3n) is 4.58. The molecule has 2 heterocycles. The summed E-state index contributed by atoms with van der Waals surface area (Å²) in [6.45, 7) is 7.02. The summed E-state index contributed by atoms with van der Waals surface area (Å²) in [6.07, 6.45) is 5.01. The van der Waals surface area contributed by atoms with Crippen LogP contribution in [0.25, 0.3) is 0 Å². The van der Waals surface area contributed by atoms with Gasteiger partial charge in [-0.25, -0.2) is 0 Å². The minimum Gasteiger partial charge on any atom is -0.494 e. The molecule has 2 unspecified atom stereocenters. The largest absolute Gasteiger partial charge is 0.494 e. The van der Waals surface area contributed by atoms with Crippen molar-refractivity contribution < 1.29 is 9.47 Å². The summed E-state index contributed by atoms with van der Waals surface area (Å²) in [5.74, 6) is 1.85. The van der Waals surface area contributed by atoms with Crippen LogP contribution < -0.4 is 14.8 Å². The lowest BCUT2D eigenvalue weighted by Crippen LogP contribution is -2.37. The van der Waals surface area contributed by atoms with Gasteiger partial charge in [0.15, 0.2) is 0 Å². The standard InChI is InChI=1S/C18H28N2O2.ClH/c1-2-12-21-17-5-7-18(8-6-17)22-13-11-20-10-9-15-3-4-16(14-20)19-15;/h5-8,15-16,19H,2-4,9-14H2,1H3;1H. The van der Waals surface area contributed by atoms with Crippen LogP contribution in [0.1, 0.15) is 32.6 Å². The van der Waals surface area contributed by atoms with Gasteiger partial charge in [-0.15, -0.1) is 12.4 Å². The number of nitrogens with one attached hydrogen (secondary N) is 1. The Balaban J connectivity index is 0.00000192. The lowest BCUT2D eigenvalue weighted by atomic mass is 10.1. The minimum absolute atomic E-state index is 0. The van der Waals surface area contributed by atoms with Gasteiger partial charge in [0, 0.05) is 25.2 Å². The second-order valence-electron chi connectivity index (χ2n) is 6.40. The Bertz CT molecular complexity index is 455. The van der Waals surface area contributed by atoms with Gasteiger partial charge >= 0.3 is 0 Å². The van der Waals surface area contributed by atoms with Crippen LogP contribution in [0.4, 0.5) is 0 Å². The zero-order valence-corrected chi connectivity index (χ0v) is 14.8. The van der Waals surface area contributed by atoms with E-state index in [-0.39, 0.29) is 12.4 Å². The van der Waals surface area contributed by atoms with Gasteiger partial charge in [0.05, 0.1) is 6.61 Å². The fraction of sp³-hybridized carbons (Fsp3) is 0.667. The van der Waals surface area contributed by atoms with Crippen molar-refractivity contribution in [1.29, 1.82) is 0 Å². The van der Waals surface area contributed by atoms with Gasteiger partial charge in [0.2, 0.25) is 0 Å². The van der Waals surface area contributed by atoms with Crippen LogP contribution in [0.3, 0.4) is 0 Å². The van der Waals surface area contributed by atoms with E-state index in [9.17, 15) is 0 Å². The summed E-state index contributed by atoms with van der Waals surface area (Å²) >= 11 is 0. The Morgan fingerprint density at radius 1 is 1.00 bits per heavy atom. The smallest absolute Gasteiger partial charge is 0.119 e. The number of hydrogen-bond acceptors (Lipinski definition) is 4. The molecule has 2 bridgehead atoms. The molecule has 0 aromatic heterocycles. The number of benzene rings is 1. The Labute approximate surface area is 145 Å². The number of halogens is 1. The summed E-state index contributed by atoms with van der Waals surface area (Å²) in [7, 11) is 0. The maximum absolute atomic E-state index is 5.87. The van der Waals surface area contributed by atoms with Crippen molar-refractivity contribution in [3.8, 4) is 11.5 Å². The summed E-state index contributed by atoms with van der Waals surface area (Å²) in [5, 5.41) is 3.72. The second kappa shape index (κ2) is 9.36. The molecule has 0 saturated carbocycles. The van der Waals surface area contributed by atoms with Gasteiger partial charge in [-0.1, -0.05) is 6.92 Å². The molecule has 0 amide bonds. The molecule has 1 aromatic rings. The Morgan fingerprint density at radius 2 is 1.65 bits per heavy atom. The molecule has 0 spiro atoms. The maximum Gasteiger partial charge on any atom is 0.119 e. The zero-order valence-electron chi connectivity index (χ0n) is 14.0. The topological polar surface area (TPSA) is 33.7 Å². The van der Waals surface area contributed by atoms with Gasteiger partial charge in [0.25, 0.3) is 0 Å². The highest BCUT2D eigenvalue weighted by Crippen LogP contribution is 2.21. The van der Waals surface area contributed by atoms with Gasteiger partial charge in [-0.05, 0) is 56.5 Å². The summed E-state index contributed by atoms with van der Waals surface area (Å²) in [6, 6.07) is 9.42. The molecule has 4 nitrogen and oxygen atoms in total. The Hall–Kier alpha value is -0.970. The van der Waals surface area contributed by atoms with E-state index in [1.807, 2.05) is 24.3 Å². The first-order chi connectivity index (χ1) is 10.8. The van der Waals surface area contributed by atoms with Crippen molar-refractivity contribution in [1.82, 2.24) is 10.2 Å². The van der Waals surface area contributed by atoms with E-state index in [4.69, 9.17) is 9.47 Å². The van der Waals surface area contributed by atoms with Gasteiger partial charge < -0.3 is 14.8 Å². The van der Waals surface area contributed by atoms with Crippen LogP contribution in [-0.4, -0.2) is 49.8 Å². The third-order valence-corrected chi connectivity index (χ3v) is 4.58. The Kier molecular flexibility index (Phi) is 7.47. The normalized spacial score (nSPS) is 23.9. The second-order valence-corrected chi connectivity index (χ2v) is 6.40. The van der Waals surface area contributed by atoms with E-state index in [1.54, 1.807) is 0 Å². The van der Waals surface area contributed by atoms with Crippen LogP contribution in [0.15, 0.2) is 24.3 Å².